The van der Waals surface area contributed by atoms with E-state index in [1.165, 1.54) is 0 Å². The number of amides is 1. The summed E-state index contributed by atoms with van der Waals surface area (Å²) in [6.07, 6.45) is 0.411. The van der Waals surface area contributed by atoms with Gasteiger partial charge >= 0.3 is 0 Å². The Kier molecular flexibility index (Phi) is 4.98. The molecular formula is C15H22N2O3. The summed E-state index contributed by atoms with van der Waals surface area (Å²) in [6, 6.07) is 7.14. The highest BCUT2D eigenvalue weighted by atomic mass is 16.5. The molecule has 2 N–H and O–H groups in total. The van der Waals surface area contributed by atoms with Crippen molar-refractivity contribution >= 4 is 11.6 Å². The number of carbonyl (C=O) groups is 1. The van der Waals surface area contributed by atoms with Crippen LogP contribution in [-0.2, 0) is 4.79 Å². The van der Waals surface area contributed by atoms with Crippen LogP contribution >= 0.6 is 0 Å². The first-order valence-electron chi connectivity index (χ1n) is 7.06. The van der Waals surface area contributed by atoms with Gasteiger partial charge in [-0.1, -0.05) is 12.1 Å². The Morgan fingerprint density at radius 3 is 2.95 bits per heavy atom. The Balaban J connectivity index is 2.00. The van der Waals surface area contributed by atoms with Crippen molar-refractivity contribution in [2.24, 2.45) is 0 Å². The summed E-state index contributed by atoms with van der Waals surface area (Å²) in [7, 11) is 0. The van der Waals surface area contributed by atoms with Crippen LogP contribution in [0.5, 0.6) is 5.75 Å². The number of hydrogen-bond donors (Lipinski definition) is 2. The molecule has 1 fully saturated rings. The van der Waals surface area contributed by atoms with Crippen molar-refractivity contribution in [1.82, 2.24) is 4.90 Å². The SMILES string of the molecule is CCOc1ccccc1NC(=O)C(C)N1CC[C@H](O)C1. The Morgan fingerprint density at radius 2 is 2.30 bits per heavy atom. The second-order valence-corrected chi connectivity index (χ2v) is 5.03. The summed E-state index contributed by atoms with van der Waals surface area (Å²) in [4.78, 5) is 14.3. The highest BCUT2D eigenvalue weighted by molar-refractivity contribution is 5.95. The van der Waals surface area contributed by atoms with E-state index in [4.69, 9.17) is 4.74 Å². The molecule has 1 aromatic carbocycles. The van der Waals surface area contributed by atoms with Gasteiger partial charge in [-0.2, -0.15) is 0 Å². The van der Waals surface area contributed by atoms with Crippen molar-refractivity contribution in [2.45, 2.75) is 32.4 Å². The molecule has 2 rings (SSSR count). The molecule has 5 nitrogen and oxygen atoms in total. The Morgan fingerprint density at radius 1 is 1.55 bits per heavy atom. The lowest BCUT2D eigenvalue weighted by Gasteiger charge is -2.23. The van der Waals surface area contributed by atoms with Gasteiger partial charge in [0.1, 0.15) is 5.75 Å². The van der Waals surface area contributed by atoms with Gasteiger partial charge in [0.2, 0.25) is 5.91 Å². The number of benzene rings is 1. The van der Waals surface area contributed by atoms with Crippen LogP contribution < -0.4 is 10.1 Å². The molecule has 0 spiro atoms. The third-order valence-electron chi connectivity index (χ3n) is 3.57. The fourth-order valence-electron chi connectivity index (χ4n) is 2.37. The molecule has 1 amide bonds. The smallest absolute Gasteiger partial charge is 0.241 e. The van der Waals surface area contributed by atoms with E-state index in [2.05, 4.69) is 5.32 Å². The Bertz CT molecular complexity index is 464. The molecule has 0 bridgehead atoms. The van der Waals surface area contributed by atoms with E-state index in [-0.39, 0.29) is 18.1 Å². The molecular weight excluding hydrogens is 256 g/mol. The van der Waals surface area contributed by atoms with Gasteiger partial charge in [0, 0.05) is 13.1 Å². The maximum atomic E-state index is 12.3. The van der Waals surface area contributed by atoms with Crippen molar-refractivity contribution in [3.8, 4) is 5.75 Å². The third-order valence-corrected chi connectivity index (χ3v) is 3.57. The first-order valence-corrected chi connectivity index (χ1v) is 7.06. The third kappa shape index (κ3) is 3.49. The maximum Gasteiger partial charge on any atom is 0.241 e. The monoisotopic (exact) mass is 278 g/mol. The highest BCUT2D eigenvalue weighted by Crippen LogP contribution is 2.24. The fourth-order valence-corrected chi connectivity index (χ4v) is 2.37. The number of β-amino-alcohol motifs (C(OH)–C–C–N with tert-alkyl or cyclic N) is 1. The quantitative estimate of drug-likeness (QED) is 0.856. The largest absolute Gasteiger partial charge is 0.492 e. The number of likely N-dealkylation sites (tertiary alicyclic amines) is 1. The van der Waals surface area contributed by atoms with E-state index < -0.39 is 0 Å². The number of hydrogen-bond acceptors (Lipinski definition) is 4. The molecule has 0 radical (unpaired) electrons. The van der Waals surface area contributed by atoms with E-state index in [1.807, 2.05) is 43.0 Å². The number of nitrogens with one attached hydrogen (secondary N) is 1. The van der Waals surface area contributed by atoms with Gasteiger partial charge in [-0.25, -0.2) is 0 Å². The fraction of sp³-hybridized carbons (Fsp3) is 0.533. The van der Waals surface area contributed by atoms with E-state index >= 15 is 0 Å². The van der Waals surface area contributed by atoms with Gasteiger partial charge in [-0.05, 0) is 32.4 Å². The number of nitrogens with zero attached hydrogens (tertiary/aromatic N) is 1. The molecule has 1 unspecified atom stereocenters. The van der Waals surface area contributed by atoms with Crippen LogP contribution in [0.1, 0.15) is 20.3 Å². The predicted octanol–water partition coefficient (Wildman–Crippen LogP) is 1.48. The average molecular weight is 278 g/mol. The number of aliphatic hydroxyl groups is 1. The van der Waals surface area contributed by atoms with Gasteiger partial charge in [0.15, 0.2) is 0 Å². The molecule has 0 aliphatic carbocycles. The van der Waals surface area contributed by atoms with Gasteiger partial charge < -0.3 is 15.2 Å². The van der Waals surface area contributed by atoms with Crippen LogP contribution in [0.4, 0.5) is 5.69 Å². The van der Waals surface area contributed by atoms with Crippen LogP contribution in [0.15, 0.2) is 24.3 Å². The molecule has 0 saturated carbocycles. The summed E-state index contributed by atoms with van der Waals surface area (Å²) < 4.78 is 5.49. The minimum Gasteiger partial charge on any atom is -0.492 e. The molecule has 1 aromatic rings. The van der Waals surface area contributed by atoms with Crippen LogP contribution in [0.2, 0.25) is 0 Å². The number of anilines is 1. The first-order chi connectivity index (χ1) is 9.61. The van der Waals surface area contributed by atoms with Crippen LogP contribution in [0, 0.1) is 0 Å². The maximum absolute atomic E-state index is 12.3. The van der Waals surface area contributed by atoms with E-state index in [0.717, 1.165) is 13.0 Å². The molecule has 1 aliphatic heterocycles. The van der Waals surface area contributed by atoms with Crippen molar-refractivity contribution in [1.29, 1.82) is 0 Å². The zero-order valence-corrected chi connectivity index (χ0v) is 12.0. The van der Waals surface area contributed by atoms with Gasteiger partial charge in [0.25, 0.3) is 0 Å². The average Bonchev–Trinajstić information content (AvgIpc) is 2.87. The lowest BCUT2D eigenvalue weighted by Crippen LogP contribution is -2.41. The zero-order chi connectivity index (χ0) is 14.5. The molecule has 5 heteroatoms. The summed E-state index contributed by atoms with van der Waals surface area (Å²) >= 11 is 0. The van der Waals surface area contributed by atoms with Crippen molar-refractivity contribution in [2.75, 3.05) is 25.0 Å². The summed E-state index contributed by atoms with van der Waals surface area (Å²) in [5.74, 6) is 0.600. The molecule has 1 heterocycles. The van der Waals surface area contributed by atoms with Gasteiger partial charge in [0.05, 0.1) is 24.4 Å². The van der Waals surface area contributed by atoms with E-state index in [1.54, 1.807) is 0 Å². The predicted molar refractivity (Wildman–Crippen MR) is 77.9 cm³/mol. The second kappa shape index (κ2) is 6.72. The number of rotatable bonds is 5. The van der Waals surface area contributed by atoms with Crippen molar-refractivity contribution in [3.63, 3.8) is 0 Å². The lowest BCUT2D eigenvalue weighted by molar-refractivity contribution is -0.120. The van der Waals surface area contributed by atoms with Gasteiger partial charge in [-0.15, -0.1) is 0 Å². The first kappa shape index (κ1) is 14.8. The summed E-state index contributed by atoms with van der Waals surface area (Å²) in [5.41, 5.74) is 0.686. The number of para-hydroxylation sites is 2. The molecule has 2 atom stereocenters. The van der Waals surface area contributed by atoms with Crippen LogP contribution in [-0.4, -0.2) is 47.8 Å². The molecule has 110 valence electrons. The van der Waals surface area contributed by atoms with E-state index in [0.29, 0.717) is 24.6 Å². The minimum absolute atomic E-state index is 0.0775. The molecule has 1 aliphatic rings. The second-order valence-electron chi connectivity index (χ2n) is 5.03. The summed E-state index contributed by atoms with van der Waals surface area (Å²) in [6.45, 7) is 5.63. The number of ether oxygens (including phenoxy) is 1. The Labute approximate surface area is 119 Å². The molecule has 1 saturated heterocycles. The lowest BCUT2D eigenvalue weighted by atomic mass is 10.2. The normalized spacial score (nSPS) is 20.6. The zero-order valence-electron chi connectivity index (χ0n) is 12.0. The van der Waals surface area contributed by atoms with Crippen LogP contribution in [0.3, 0.4) is 0 Å². The summed E-state index contributed by atoms with van der Waals surface area (Å²) in [5, 5.41) is 12.4. The molecule has 0 aromatic heterocycles. The standard InChI is InChI=1S/C15H22N2O3/c1-3-20-14-7-5-4-6-13(14)16-15(19)11(2)17-9-8-12(18)10-17/h4-7,11-12,18H,3,8-10H2,1-2H3,(H,16,19)/t11?,12-/m0/s1. The Hall–Kier alpha value is -1.59. The highest BCUT2D eigenvalue weighted by Gasteiger charge is 2.28. The van der Waals surface area contributed by atoms with Gasteiger partial charge in [-0.3, -0.25) is 9.69 Å². The topological polar surface area (TPSA) is 61.8 Å². The number of aliphatic hydroxyl groups excluding tert-OH is 1. The van der Waals surface area contributed by atoms with E-state index in [9.17, 15) is 9.90 Å². The van der Waals surface area contributed by atoms with Crippen molar-refractivity contribution in [3.05, 3.63) is 24.3 Å². The van der Waals surface area contributed by atoms with Crippen molar-refractivity contribution < 1.29 is 14.6 Å². The van der Waals surface area contributed by atoms with Crippen LogP contribution in [0.25, 0.3) is 0 Å². The minimum atomic E-state index is -0.319. The molecule has 20 heavy (non-hydrogen) atoms. The number of carbonyl (C=O) groups excluding carboxylic acids is 1.